The molecule has 0 bridgehead atoms. The molecule has 0 aliphatic carbocycles. The molecule has 3 rings (SSSR count). The van der Waals surface area contributed by atoms with Crippen LogP contribution in [0.4, 0.5) is 11.5 Å². The first-order valence-corrected chi connectivity index (χ1v) is 7.14. The molecule has 0 saturated heterocycles. The van der Waals surface area contributed by atoms with Crippen LogP contribution in [0.1, 0.15) is 24.1 Å². The second-order valence-electron chi connectivity index (χ2n) is 4.74. The summed E-state index contributed by atoms with van der Waals surface area (Å²) in [5.41, 5.74) is 3.46. The van der Waals surface area contributed by atoms with E-state index in [-0.39, 0.29) is 0 Å². The predicted octanol–water partition coefficient (Wildman–Crippen LogP) is 3.69. The van der Waals surface area contributed by atoms with Crippen molar-refractivity contribution in [1.29, 1.82) is 0 Å². The Bertz CT molecular complexity index is 554. The van der Waals surface area contributed by atoms with E-state index in [1.54, 1.807) is 6.20 Å². The molecule has 0 spiro atoms. The third-order valence-corrected chi connectivity index (χ3v) is 3.74. The van der Waals surface area contributed by atoms with E-state index in [1.165, 1.54) is 24.1 Å². The molecule has 0 fully saturated rings. The van der Waals surface area contributed by atoms with Crippen molar-refractivity contribution in [2.75, 3.05) is 11.4 Å². The number of aryl methyl sites for hydroxylation is 1. The topological polar surface area (TPSA) is 29.0 Å². The van der Waals surface area contributed by atoms with Gasteiger partial charge in [-0.25, -0.2) is 4.98 Å². The fraction of sp³-hybridized carbons (Fsp3) is 0.333. The van der Waals surface area contributed by atoms with Gasteiger partial charge in [0.05, 0.1) is 24.0 Å². The number of fused-ring (bicyclic) bond motifs is 1. The summed E-state index contributed by atoms with van der Waals surface area (Å²) < 4.78 is 0. The summed E-state index contributed by atoms with van der Waals surface area (Å²) >= 11 is 5.76. The van der Waals surface area contributed by atoms with Gasteiger partial charge >= 0.3 is 0 Å². The van der Waals surface area contributed by atoms with Gasteiger partial charge in [0.1, 0.15) is 0 Å². The van der Waals surface area contributed by atoms with E-state index in [2.05, 4.69) is 39.1 Å². The molecule has 0 unspecified atom stereocenters. The van der Waals surface area contributed by atoms with Crippen molar-refractivity contribution in [3.8, 4) is 0 Å². The molecule has 3 nitrogen and oxygen atoms in total. The van der Waals surface area contributed by atoms with Crippen LogP contribution in [0.5, 0.6) is 0 Å². The molecule has 4 heteroatoms. The average Bonchev–Trinajstić information content (AvgIpc) is 2.70. The monoisotopic (exact) mass is 273 g/mol. The Balaban J connectivity index is 1.99. The first-order chi connectivity index (χ1) is 9.38. The zero-order chi connectivity index (χ0) is 13.1. The minimum Gasteiger partial charge on any atom is -0.325 e. The summed E-state index contributed by atoms with van der Waals surface area (Å²) in [5, 5.41) is 0. The first-order valence-electron chi connectivity index (χ1n) is 6.61. The highest BCUT2D eigenvalue weighted by Crippen LogP contribution is 2.30. The van der Waals surface area contributed by atoms with E-state index < -0.39 is 0 Å². The average molecular weight is 274 g/mol. The molecule has 2 heterocycles. The number of hydrogen-bond donors (Lipinski definition) is 0. The highest BCUT2D eigenvalue weighted by Gasteiger charge is 2.17. The lowest BCUT2D eigenvalue weighted by atomic mass is 10.1. The van der Waals surface area contributed by atoms with E-state index >= 15 is 0 Å². The Morgan fingerprint density at radius 1 is 1.11 bits per heavy atom. The van der Waals surface area contributed by atoms with Gasteiger partial charge in [-0.15, -0.1) is 11.6 Å². The molecule has 0 saturated carbocycles. The van der Waals surface area contributed by atoms with Gasteiger partial charge in [-0.3, -0.25) is 4.98 Å². The fourth-order valence-corrected chi connectivity index (χ4v) is 2.62. The van der Waals surface area contributed by atoms with Gasteiger partial charge in [-0.1, -0.05) is 18.2 Å². The largest absolute Gasteiger partial charge is 0.325 e. The van der Waals surface area contributed by atoms with E-state index in [9.17, 15) is 0 Å². The maximum atomic E-state index is 5.76. The molecule has 2 aromatic rings. The van der Waals surface area contributed by atoms with Gasteiger partial charge in [-0.2, -0.15) is 0 Å². The second-order valence-corrected chi connectivity index (χ2v) is 5.00. The van der Waals surface area contributed by atoms with E-state index in [4.69, 9.17) is 11.6 Å². The van der Waals surface area contributed by atoms with Crippen molar-refractivity contribution < 1.29 is 0 Å². The van der Waals surface area contributed by atoms with Crippen molar-refractivity contribution in [1.82, 2.24) is 9.97 Å². The number of benzene rings is 1. The molecular formula is C15H16ClN3. The first kappa shape index (κ1) is 12.4. The zero-order valence-electron chi connectivity index (χ0n) is 10.7. The lowest BCUT2D eigenvalue weighted by Crippen LogP contribution is -2.19. The Kier molecular flexibility index (Phi) is 3.65. The fourth-order valence-electron chi connectivity index (χ4n) is 2.49. The summed E-state index contributed by atoms with van der Waals surface area (Å²) in [4.78, 5) is 11.1. The van der Waals surface area contributed by atoms with Crippen LogP contribution in [0, 0.1) is 0 Å². The lowest BCUT2D eigenvalue weighted by molar-refractivity contribution is 0.756. The highest BCUT2D eigenvalue weighted by molar-refractivity contribution is 6.16. The van der Waals surface area contributed by atoms with Gasteiger partial charge in [0.2, 0.25) is 0 Å². The van der Waals surface area contributed by atoms with Gasteiger partial charge in [0, 0.05) is 12.2 Å². The van der Waals surface area contributed by atoms with Gasteiger partial charge < -0.3 is 4.90 Å². The Morgan fingerprint density at radius 3 is 2.79 bits per heavy atom. The molecule has 0 atom stereocenters. The van der Waals surface area contributed by atoms with E-state index in [0.29, 0.717) is 5.88 Å². The van der Waals surface area contributed by atoms with Crippen LogP contribution in [0.25, 0.3) is 0 Å². The minimum atomic E-state index is 0.407. The molecule has 1 aromatic heterocycles. The SMILES string of the molecule is ClCc1cnc(N2CCCCc3ccccc32)cn1. The molecule has 98 valence electrons. The minimum absolute atomic E-state index is 0.407. The van der Waals surface area contributed by atoms with Crippen LogP contribution >= 0.6 is 11.6 Å². The number of halogens is 1. The maximum absolute atomic E-state index is 5.76. The molecule has 0 radical (unpaired) electrons. The molecule has 0 N–H and O–H groups in total. The Labute approximate surface area is 118 Å². The van der Waals surface area contributed by atoms with Crippen LogP contribution in [0.2, 0.25) is 0 Å². The maximum Gasteiger partial charge on any atom is 0.151 e. The molecule has 1 aromatic carbocycles. The number of hydrogen-bond acceptors (Lipinski definition) is 3. The summed E-state index contributed by atoms with van der Waals surface area (Å²) in [6.45, 7) is 0.992. The summed E-state index contributed by atoms with van der Waals surface area (Å²) in [6.07, 6.45) is 7.11. The summed E-state index contributed by atoms with van der Waals surface area (Å²) in [5.74, 6) is 1.31. The van der Waals surface area contributed by atoms with Gasteiger partial charge in [0.15, 0.2) is 5.82 Å². The number of nitrogens with zero attached hydrogens (tertiary/aromatic N) is 3. The smallest absolute Gasteiger partial charge is 0.151 e. The van der Waals surface area contributed by atoms with Crippen molar-refractivity contribution >= 4 is 23.1 Å². The zero-order valence-corrected chi connectivity index (χ0v) is 11.5. The number of alkyl halides is 1. The van der Waals surface area contributed by atoms with Gasteiger partial charge in [0.25, 0.3) is 0 Å². The number of anilines is 2. The summed E-state index contributed by atoms with van der Waals surface area (Å²) in [6, 6.07) is 8.55. The van der Waals surface area contributed by atoms with Gasteiger partial charge in [-0.05, 0) is 30.9 Å². The lowest BCUT2D eigenvalue weighted by Gasteiger charge is -2.23. The van der Waals surface area contributed by atoms with Crippen molar-refractivity contribution in [2.45, 2.75) is 25.1 Å². The highest BCUT2D eigenvalue weighted by atomic mass is 35.5. The van der Waals surface area contributed by atoms with Crippen LogP contribution in [-0.2, 0) is 12.3 Å². The molecule has 1 aliphatic rings. The predicted molar refractivity (Wildman–Crippen MR) is 78.0 cm³/mol. The number of rotatable bonds is 2. The van der Waals surface area contributed by atoms with Crippen molar-refractivity contribution in [2.24, 2.45) is 0 Å². The second kappa shape index (κ2) is 5.57. The van der Waals surface area contributed by atoms with Crippen LogP contribution in [-0.4, -0.2) is 16.5 Å². The van der Waals surface area contributed by atoms with Crippen molar-refractivity contribution in [3.63, 3.8) is 0 Å². The molecular weight excluding hydrogens is 258 g/mol. The molecule has 19 heavy (non-hydrogen) atoms. The number of para-hydroxylation sites is 1. The third-order valence-electron chi connectivity index (χ3n) is 3.47. The van der Waals surface area contributed by atoms with Crippen LogP contribution < -0.4 is 4.90 Å². The normalized spacial score (nSPS) is 14.9. The third kappa shape index (κ3) is 2.56. The molecule has 0 amide bonds. The standard InChI is InChI=1S/C15H16ClN3/c16-9-13-10-18-15(11-17-13)19-8-4-3-6-12-5-1-2-7-14(12)19/h1-2,5,7,10-11H,3-4,6,8-9H2. The number of aromatic nitrogens is 2. The van der Waals surface area contributed by atoms with Crippen LogP contribution in [0.3, 0.4) is 0 Å². The van der Waals surface area contributed by atoms with Crippen LogP contribution in [0.15, 0.2) is 36.7 Å². The van der Waals surface area contributed by atoms with Crippen molar-refractivity contribution in [3.05, 3.63) is 47.9 Å². The summed E-state index contributed by atoms with van der Waals surface area (Å²) in [7, 11) is 0. The van der Waals surface area contributed by atoms with E-state index in [1.807, 2.05) is 6.20 Å². The Hall–Kier alpha value is -1.61. The Morgan fingerprint density at radius 2 is 2.00 bits per heavy atom. The quantitative estimate of drug-likeness (QED) is 0.782. The molecule has 1 aliphatic heterocycles. The van der Waals surface area contributed by atoms with E-state index in [0.717, 1.165) is 24.5 Å².